The van der Waals surface area contributed by atoms with Gasteiger partial charge in [0.15, 0.2) is 0 Å². The van der Waals surface area contributed by atoms with E-state index in [0.717, 1.165) is 32.5 Å². The number of nitrogens with zero attached hydrogens (tertiary/aromatic N) is 2. The minimum Gasteiger partial charge on any atom is -0.383 e. The molecule has 0 amide bonds. The molecular formula is C15H29N3O. The van der Waals surface area contributed by atoms with E-state index >= 15 is 0 Å². The third-order valence-electron chi connectivity index (χ3n) is 3.69. The molecule has 1 atom stereocenters. The molecule has 1 unspecified atom stereocenters. The summed E-state index contributed by atoms with van der Waals surface area (Å²) < 4.78 is 7.09. The SMILES string of the molecule is CCC(C)(CNCCOC)Cc1ccn(C(C)C)n1. The molecule has 19 heavy (non-hydrogen) atoms. The number of aromatic nitrogens is 2. The lowest BCUT2D eigenvalue weighted by molar-refractivity contribution is 0.191. The van der Waals surface area contributed by atoms with Gasteiger partial charge in [-0.1, -0.05) is 13.8 Å². The molecule has 0 spiro atoms. The zero-order chi connectivity index (χ0) is 14.3. The van der Waals surface area contributed by atoms with Crippen molar-refractivity contribution in [1.82, 2.24) is 15.1 Å². The molecule has 110 valence electrons. The quantitative estimate of drug-likeness (QED) is 0.699. The summed E-state index contributed by atoms with van der Waals surface area (Å²) in [7, 11) is 1.74. The number of nitrogens with one attached hydrogen (secondary N) is 1. The fourth-order valence-corrected chi connectivity index (χ4v) is 2.07. The lowest BCUT2D eigenvalue weighted by Crippen LogP contribution is -2.35. The average molecular weight is 267 g/mol. The smallest absolute Gasteiger partial charge is 0.0630 e. The Morgan fingerprint density at radius 2 is 2.21 bits per heavy atom. The van der Waals surface area contributed by atoms with E-state index in [2.05, 4.69) is 50.4 Å². The second kappa shape index (κ2) is 7.65. The summed E-state index contributed by atoms with van der Waals surface area (Å²) in [5, 5.41) is 8.12. The zero-order valence-electron chi connectivity index (χ0n) is 13.1. The normalized spacial score (nSPS) is 14.8. The van der Waals surface area contributed by atoms with Crippen molar-refractivity contribution in [2.75, 3.05) is 26.8 Å². The van der Waals surface area contributed by atoms with Crippen LogP contribution in [0.3, 0.4) is 0 Å². The van der Waals surface area contributed by atoms with Crippen LogP contribution in [0.1, 0.15) is 45.9 Å². The minimum atomic E-state index is 0.254. The van der Waals surface area contributed by atoms with Gasteiger partial charge in [0.1, 0.15) is 0 Å². The first-order chi connectivity index (χ1) is 9.00. The highest BCUT2D eigenvalue weighted by molar-refractivity contribution is 5.03. The van der Waals surface area contributed by atoms with E-state index in [-0.39, 0.29) is 5.41 Å². The first-order valence-corrected chi connectivity index (χ1v) is 7.24. The lowest BCUT2D eigenvalue weighted by atomic mass is 9.82. The van der Waals surface area contributed by atoms with Gasteiger partial charge in [-0.05, 0) is 38.2 Å². The Kier molecular flexibility index (Phi) is 6.52. The van der Waals surface area contributed by atoms with E-state index < -0.39 is 0 Å². The van der Waals surface area contributed by atoms with Crippen molar-refractivity contribution in [1.29, 1.82) is 0 Å². The maximum atomic E-state index is 5.06. The fourth-order valence-electron chi connectivity index (χ4n) is 2.07. The van der Waals surface area contributed by atoms with Crippen molar-refractivity contribution in [3.05, 3.63) is 18.0 Å². The lowest BCUT2D eigenvalue weighted by Gasteiger charge is -2.28. The maximum absolute atomic E-state index is 5.06. The van der Waals surface area contributed by atoms with E-state index in [1.807, 2.05) is 4.68 Å². The van der Waals surface area contributed by atoms with Crippen LogP contribution in [0.4, 0.5) is 0 Å². The van der Waals surface area contributed by atoms with Crippen molar-refractivity contribution in [2.45, 2.75) is 46.6 Å². The van der Waals surface area contributed by atoms with Crippen molar-refractivity contribution >= 4 is 0 Å². The molecule has 1 aromatic heterocycles. The first kappa shape index (κ1) is 16.2. The van der Waals surface area contributed by atoms with Gasteiger partial charge in [0, 0.05) is 32.4 Å². The van der Waals surface area contributed by atoms with Crippen molar-refractivity contribution in [2.24, 2.45) is 5.41 Å². The second-order valence-corrected chi connectivity index (χ2v) is 5.89. The third kappa shape index (κ3) is 5.33. The van der Waals surface area contributed by atoms with Crippen LogP contribution in [-0.4, -0.2) is 36.6 Å². The molecule has 0 aliphatic carbocycles. The number of hydrogen-bond donors (Lipinski definition) is 1. The Morgan fingerprint density at radius 1 is 1.47 bits per heavy atom. The van der Waals surface area contributed by atoms with Gasteiger partial charge in [0.05, 0.1) is 12.3 Å². The largest absolute Gasteiger partial charge is 0.383 e. The Morgan fingerprint density at radius 3 is 2.74 bits per heavy atom. The molecule has 0 radical (unpaired) electrons. The van der Waals surface area contributed by atoms with Gasteiger partial charge in [-0.2, -0.15) is 5.10 Å². The number of hydrogen-bond acceptors (Lipinski definition) is 3. The molecule has 1 N–H and O–H groups in total. The standard InChI is InChI=1S/C15H29N3O/c1-6-15(4,12-16-8-10-19-5)11-14-7-9-18(17-14)13(2)3/h7,9,13,16H,6,8,10-12H2,1-5H3. The van der Waals surface area contributed by atoms with Crippen LogP contribution < -0.4 is 5.32 Å². The minimum absolute atomic E-state index is 0.254. The van der Waals surface area contributed by atoms with Crippen LogP contribution in [0.25, 0.3) is 0 Å². The highest BCUT2D eigenvalue weighted by Crippen LogP contribution is 2.25. The molecule has 0 bridgehead atoms. The summed E-state index contributed by atoms with van der Waals surface area (Å²) in [6.45, 7) is 11.6. The topological polar surface area (TPSA) is 39.1 Å². The molecule has 0 aromatic carbocycles. The summed E-state index contributed by atoms with van der Waals surface area (Å²) >= 11 is 0. The number of methoxy groups -OCH3 is 1. The summed E-state index contributed by atoms with van der Waals surface area (Å²) in [5.41, 5.74) is 1.44. The molecule has 1 aromatic rings. The summed E-state index contributed by atoms with van der Waals surface area (Å²) in [6, 6.07) is 2.57. The van der Waals surface area contributed by atoms with E-state index in [4.69, 9.17) is 4.74 Å². The Balaban J connectivity index is 2.53. The van der Waals surface area contributed by atoms with Crippen LogP contribution in [-0.2, 0) is 11.2 Å². The van der Waals surface area contributed by atoms with E-state index in [1.165, 1.54) is 5.69 Å². The van der Waals surface area contributed by atoms with Crippen LogP contribution in [0.2, 0.25) is 0 Å². The van der Waals surface area contributed by atoms with Crippen molar-refractivity contribution in [3.8, 4) is 0 Å². The molecule has 0 saturated heterocycles. The summed E-state index contributed by atoms with van der Waals surface area (Å²) in [4.78, 5) is 0. The molecule has 1 heterocycles. The highest BCUT2D eigenvalue weighted by atomic mass is 16.5. The predicted octanol–water partition coefficient (Wildman–Crippen LogP) is 2.66. The number of rotatable bonds is 9. The van der Waals surface area contributed by atoms with Crippen molar-refractivity contribution in [3.63, 3.8) is 0 Å². The molecule has 0 aliphatic rings. The monoisotopic (exact) mass is 267 g/mol. The maximum Gasteiger partial charge on any atom is 0.0630 e. The molecule has 0 fully saturated rings. The van der Waals surface area contributed by atoms with Crippen LogP contribution >= 0.6 is 0 Å². The average Bonchev–Trinajstić information content (AvgIpc) is 2.83. The van der Waals surface area contributed by atoms with Gasteiger partial charge in [-0.15, -0.1) is 0 Å². The van der Waals surface area contributed by atoms with E-state index in [1.54, 1.807) is 7.11 Å². The summed E-state index contributed by atoms with van der Waals surface area (Å²) in [6.07, 6.45) is 4.24. The summed E-state index contributed by atoms with van der Waals surface area (Å²) in [5.74, 6) is 0. The molecule has 1 rings (SSSR count). The Labute approximate surface area is 117 Å². The Bertz CT molecular complexity index is 362. The van der Waals surface area contributed by atoms with Gasteiger partial charge in [-0.3, -0.25) is 4.68 Å². The van der Waals surface area contributed by atoms with Gasteiger partial charge < -0.3 is 10.1 Å². The highest BCUT2D eigenvalue weighted by Gasteiger charge is 2.23. The molecular weight excluding hydrogens is 238 g/mol. The fraction of sp³-hybridized carbons (Fsp3) is 0.800. The van der Waals surface area contributed by atoms with Crippen LogP contribution in [0.5, 0.6) is 0 Å². The zero-order valence-corrected chi connectivity index (χ0v) is 13.1. The van der Waals surface area contributed by atoms with E-state index in [0.29, 0.717) is 6.04 Å². The van der Waals surface area contributed by atoms with Gasteiger partial charge in [-0.25, -0.2) is 0 Å². The second-order valence-electron chi connectivity index (χ2n) is 5.89. The third-order valence-corrected chi connectivity index (χ3v) is 3.69. The molecule has 4 nitrogen and oxygen atoms in total. The predicted molar refractivity (Wildman–Crippen MR) is 79.5 cm³/mol. The molecule has 0 saturated carbocycles. The van der Waals surface area contributed by atoms with Gasteiger partial charge >= 0.3 is 0 Å². The van der Waals surface area contributed by atoms with Crippen LogP contribution in [0, 0.1) is 5.41 Å². The van der Waals surface area contributed by atoms with Crippen LogP contribution in [0.15, 0.2) is 12.3 Å². The Hall–Kier alpha value is -0.870. The van der Waals surface area contributed by atoms with Crippen molar-refractivity contribution < 1.29 is 4.74 Å². The van der Waals surface area contributed by atoms with E-state index in [9.17, 15) is 0 Å². The number of ether oxygens (including phenoxy) is 1. The first-order valence-electron chi connectivity index (χ1n) is 7.24. The van der Waals surface area contributed by atoms with Gasteiger partial charge in [0.2, 0.25) is 0 Å². The molecule has 0 aliphatic heterocycles. The molecule has 4 heteroatoms. The van der Waals surface area contributed by atoms with Gasteiger partial charge in [0.25, 0.3) is 0 Å².